The minimum absolute atomic E-state index is 0.120. The summed E-state index contributed by atoms with van der Waals surface area (Å²) in [4.78, 5) is 38.6. The molecule has 1 saturated carbocycles. The Hall–Kier alpha value is -3.03. The zero-order valence-electron chi connectivity index (χ0n) is 19.2. The third-order valence-corrected chi connectivity index (χ3v) is 8.27. The van der Waals surface area contributed by atoms with Crippen molar-refractivity contribution < 1.29 is 14.4 Å². The fraction of sp³-hybridized carbons (Fsp3) is 0.444. The zero-order chi connectivity index (χ0) is 23.3. The van der Waals surface area contributed by atoms with Crippen LogP contribution in [0.15, 0.2) is 48.5 Å². The second-order valence-electron chi connectivity index (χ2n) is 10.6. The van der Waals surface area contributed by atoms with Gasteiger partial charge in [-0.2, -0.15) is 0 Å². The van der Waals surface area contributed by atoms with Crippen molar-refractivity contribution in [2.24, 2.45) is 5.41 Å². The van der Waals surface area contributed by atoms with E-state index in [1.807, 2.05) is 12.1 Å². The van der Waals surface area contributed by atoms with Gasteiger partial charge in [-0.25, -0.2) is 0 Å². The van der Waals surface area contributed by atoms with E-state index in [-0.39, 0.29) is 29.6 Å². The Bertz CT molecular complexity index is 1150. The van der Waals surface area contributed by atoms with Gasteiger partial charge in [-0.05, 0) is 47.4 Å². The molecule has 7 nitrogen and oxygen atoms in total. The molecule has 1 spiro atoms. The highest BCUT2D eigenvalue weighted by molar-refractivity contribution is 6.05. The smallest absolute Gasteiger partial charge is 0.255 e. The molecule has 0 aromatic heterocycles. The van der Waals surface area contributed by atoms with Crippen LogP contribution in [-0.2, 0) is 28.1 Å². The number of imide groups is 1. The van der Waals surface area contributed by atoms with Crippen molar-refractivity contribution in [2.45, 2.75) is 50.2 Å². The molecule has 34 heavy (non-hydrogen) atoms. The molecule has 176 valence electrons. The first-order valence-electron chi connectivity index (χ1n) is 12.2. The van der Waals surface area contributed by atoms with Gasteiger partial charge < -0.3 is 15.5 Å². The molecule has 4 aliphatic rings. The number of piperidine rings is 1. The van der Waals surface area contributed by atoms with Crippen LogP contribution in [0, 0.1) is 5.41 Å². The number of carbonyl (C=O) groups excluding carboxylic acids is 3. The van der Waals surface area contributed by atoms with E-state index in [1.165, 1.54) is 18.4 Å². The highest BCUT2D eigenvalue weighted by Gasteiger charge is 2.57. The lowest BCUT2D eigenvalue weighted by Crippen LogP contribution is -2.67. The van der Waals surface area contributed by atoms with E-state index in [1.54, 1.807) is 4.90 Å². The van der Waals surface area contributed by atoms with Crippen molar-refractivity contribution in [1.29, 1.82) is 0 Å². The van der Waals surface area contributed by atoms with Crippen LogP contribution in [0.25, 0.3) is 0 Å². The van der Waals surface area contributed by atoms with Gasteiger partial charge in [0.25, 0.3) is 5.91 Å². The number of carbonyl (C=O) groups is 3. The molecule has 3 aliphatic heterocycles. The average molecular weight is 459 g/mol. The number of amides is 3. The van der Waals surface area contributed by atoms with Gasteiger partial charge in [0.15, 0.2) is 0 Å². The van der Waals surface area contributed by atoms with Crippen LogP contribution in [0.4, 0.5) is 0 Å². The second kappa shape index (κ2) is 8.03. The maximum atomic E-state index is 13.1. The van der Waals surface area contributed by atoms with Crippen molar-refractivity contribution in [3.63, 3.8) is 0 Å². The molecule has 3 fully saturated rings. The fourth-order valence-corrected chi connectivity index (χ4v) is 6.59. The largest absolute Gasteiger partial charge is 0.322 e. The highest BCUT2D eigenvalue weighted by atomic mass is 16.2. The maximum absolute atomic E-state index is 13.1. The van der Waals surface area contributed by atoms with Crippen molar-refractivity contribution in [1.82, 2.24) is 20.9 Å². The van der Waals surface area contributed by atoms with Crippen molar-refractivity contribution in [3.8, 4) is 0 Å². The van der Waals surface area contributed by atoms with Gasteiger partial charge in [0, 0.05) is 50.1 Å². The molecule has 2 aromatic carbocycles. The summed E-state index contributed by atoms with van der Waals surface area (Å²) in [5.41, 5.74) is 4.77. The summed E-state index contributed by atoms with van der Waals surface area (Å²) in [6.45, 7) is 4.22. The molecule has 1 atom stereocenters. The lowest BCUT2D eigenvalue weighted by Gasteiger charge is -2.61. The van der Waals surface area contributed by atoms with Crippen LogP contribution in [-0.4, -0.2) is 48.3 Å². The SMILES string of the molecule is O=C1CCC(N2Cc3c(CNCC4(c5ccccc5)CC5(CNC5)C4)cccc3C2=O)C(=O)N1. The van der Waals surface area contributed by atoms with Crippen LogP contribution in [0.5, 0.6) is 0 Å². The number of benzene rings is 2. The zero-order valence-corrected chi connectivity index (χ0v) is 19.2. The monoisotopic (exact) mass is 458 g/mol. The molecule has 0 radical (unpaired) electrons. The van der Waals surface area contributed by atoms with Gasteiger partial charge in [0.1, 0.15) is 6.04 Å². The summed E-state index contributed by atoms with van der Waals surface area (Å²) in [5.74, 6) is -0.755. The Morgan fingerprint density at radius 1 is 1.00 bits per heavy atom. The van der Waals surface area contributed by atoms with Gasteiger partial charge in [0.05, 0.1) is 0 Å². The van der Waals surface area contributed by atoms with Gasteiger partial charge >= 0.3 is 0 Å². The fourth-order valence-electron chi connectivity index (χ4n) is 6.59. The summed E-state index contributed by atoms with van der Waals surface area (Å²) >= 11 is 0. The molecule has 3 N–H and O–H groups in total. The number of fused-ring (bicyclic) bond motifs is 1. The Balaban J connectivity index is 1.16. The molecule has 2 saturated heterocycles. The number of nitrogens with one attached hydrogen (secondary N) is 3. The number of nitrogens with zero attached hydrogens (tertiary/aromatic N) is 1. The van der Waals surface area contributed by atoms with Crippen molar-refractivity contribution in [2.75, 3.05) is 19.6 Å². The summed E-state index contributed by atoms with van der Waals surface area (Å²) in [6, 6.07) is 16.1. The van der Waals surface area contributed by atoms with Gasteiger partial charge in [-0.3, -0.25) is 19.7 Å². The van der Waals surface area contributed by atoms with Gasteiger partial charge in [0.2, 0.25) is 11.8 Å². The first-order chi connectivity index (χ1) is 16.5. The second-order valence-corrected chi connectivity index (χ2v) is 10.6. The Kier molecular flexibility index (Phi) is 5.08. The molecule has 6 rings (SSSR count). The van der Waals surface area contributed by atoms with E-state index in [0.717, 1.165) is 30.8 Å². The summed E-state index contributed by atoms with van der Waals surface area (Å²) in [7, 11) is 0. The van der Waals surface area contributed by atoms with E-state index >= 15 is 0 Å². The first-order valence-corrected chi connectivity index (χ1v) is 12.2. The minimum atomic E-state index is -0.581. The average Bonchev–Trinajstić information content (AvgIpc) is 3.12. The number of hydrogen-bond donors (Lipinski definition) is 3. The molecule has 7 heteroatoms. The van der Waals surface area contributed by atoms with Crippen molar-refractivity contribution in [3.05, 3.63) is 70.8 Å². The van der Waals surface area contributed by atoms with Crippen LogP contribution in [0.3, 0.4) is 0 Å². The topological polar surface area (TPSA) is 90.5 Å². The molecule has 3 heterocycles. The Morgan fingerprint density at radius 3 is 2.50 bits per heavy atom. The van der Waals surface area contributed by atoms with E-state index < -0.39 is 6.04 Å². The normalized spacial score (nSPS) is 24.4. The van der Waals surface area contributed by atoms with Crippen LogP contribution < -0.4 is 16.0 Å². The van der Waals surface area contributed by atoms with Gasteiger partial charge in [-0.15, -0.1) is 0 Å². The number of hydrogen-bond acceptors (Lipinski definition) is 5. The van der Waals surface area contributed by atoms with E-state index in [0.29, 0.717) is 30.5 Å². The highest BCUT2D eigenvalue weighted by Crippen LogP contribution is 2.57. The van der Waals surface area contributed by atoms with Crippen LogP contribution in [0.2, 0.25) is 0 Å². The summed E-state index contributed by atoms with van der Waals surface area (Å²) < 4.78 is 0. The van der Waals surface area contributed by atoms with E-state index in [2.05, 4.69) is 52.3 Å². The molecular weight excluding hydrogens is 428 g/mol. The predicted molar refractivity (Wildman–Crippen MR) is 127 cm³/mol. The first kappa shape index (κ1) is 21.5. The quantitative estimate of drug-likeness (QED) is 0.575. The lowest BCUT2D eigenvalue weighted by atomic mass is 9.48. The molecule has 2 aromatic rings. The summed E-state index contributed by atoms with van der Waals surface area (Å²) in [6.07, 6.45) is 3.04. The lowest BCUT2D eigenvalue weighted by molar-refractivity contribution is -0.136. The molecule has 3 amide bonds. The minimum Gasteiger partial charge on any atom is -0.322 e. The Morgan fingerprint density at radius 2 is 1.79 bits per heavy atom. The van der Waals surface area contributed by atoms with Crippen LogP contribution >= 0.6 is 0 Å². The van der Waals surface area contributed by atoms with Gasteiger partial charge in [-0.1, -0.05) is 42.5 Å². The number of rotatable bonds is 6. The third kappa shape index (κ3) is 3.46. The third-order valence-electron chi connectivity index (χ3n) is 8.27. The standard InChI is InChI=1S/C27H30N4O3/c32-23-10-9-22(24(33)30-23)31-12-21-18(5-4-8-20(21)25(31)34)11-28-17-27(19-6-2-1-3-7-19)13-26(14-27)15-29-16-26/h1-8,22,28-29H,9-17H2,(H,30,32,33). The molecular formula is C27H30N4O3. The van der Waals surface area contributed by atoms with E-state index in [4.69, 9.17) is 0 Å². The maximum Gasteiger partial charge on any atom is 0.255 e. The predicted octanol–water partition coefficient (Wildman–Crippen LogP) is 1.86. The van der Waals surface area contributed by atoms with E-state index in [9.17, 15) is 14.4 Å². The summed E-state index contributed by atoms with van der Waals surface area (Å²) in [5, 5.41) is 9.52. The van der Waals surface area contributed by atoms with Crippen LogP contribution in [0.1, 0.15) is 52.7 Å². The molecule has 1 aliphatic carbocycles. The molecule has 0 bridgehead atoms. The van der Waals surface area contributed by atoms with Crippen molar-refractivity contribution >= 4 is 17.7 Å². The molecule has 1 unspecified atom stereocenters. The Labute approximate surface area is 199 Å².